The van der Waals surface area contributed by atoms with Gasteiger partial charge in [0.25, 0.3) is 5.91 Å². The van der Waals surface area contributed by atoms with Crippen molar-refractivity contribution in [2.45, 2.75) is 39.5 Å². The van der Waals surface area contributed by atoms with Crippen LogP contribution in [-0.4, -0.2) is 51.9 Å². The smallest absolute Gasteiger partial charge is 0.255 e. The number of anilines is 2. The monoisotopic (exact) mass is 496 g/mol. The van der Waals surface area contributed by atoms with Gasteiger partial charge in [-0.3, -0.25) is 9.78 Å². The first-order valence-electron chi connectivity index (χ1n) is 12.1. The van der Waals surface area contributed by atoms with Crippen molar-refractivity contribution in [3.8, 4) is 11.4 Å². The Morgan fingerprint density at radius 1 is 1.14 bits per heavy atom. The molecule has 9 heteroatoms. The van der Waals surface area contributed by atoms with Gasteiger partial charge in [-0.05, 0) is 63.0 Å². The Balaban J connectivity index is 1.64. The third-order valence-corrected chi connectivity index (χ3v) is 6.51. The Labute approximate surface area is 210 Å². The lowest BCUT2D eigenvalue weighted by Gasteiger charge is -2.21. The predicted molar refractivity (Wildman–Crippen MR) is 137 cm³/mol. The number of carbonyl (C=O) groups excluding carboxylic acids is 1. The van der Waals surface area contributed by atoms with Gasteiger partial charge in [0.1, 0.15) is 11.6 Å². The number of nitrogens with one attached hydrogen (secondary N) is 2. The van der Waals surface area contributed by atoms with Crippen LogP contribution in [-0.2, 0) is 12.8 Å². The second-order valence-electron chi connectivity index (χ2n) is 8.48. The van der Waals surface area contributed by atoms with Crippen molar-refractivity contribution in [3.05, 3.63) is 64.3 Å². The van der Waals surface area contributed by atoms with Gasteiger partial charge in [-0.25, -0.2) is 14.4 Å². The lowest BCUT2D eigenvalue weighted by Crippen LogP contribution is -2.35. The van der Waals surface area contributed by atoms with E-state index in [9.17, 15) is 9.18 Å². The minimum absolute atomic E-state index is 0.211. The van der Waals surface area contributed by atoms with Crippen molar-refractivity contribution in [1.82, 2.24) is 25.2 Å². The highest BCUT2D eigenvalue weighted by molar-refractivity contribution is 6.30. The molecule has 3 aromatic rings. The van der Waals surface area contributed by atoms with Gasteiger partial charge in [0.05, 0.1) is 16.8 Å². The van der Waals surface area contributed by atoms with Gasteiger partial charge in [-0.15, -0.1) is 0 Å². The van der Waals surface area contributed by atoms with Gasteiger partial charge in [0, 0.05) is 41.8 Å². The van der Waals surface area contributed by atoms with E-state index in [1.54, 1.807) is 18.5 Å². The van der Waals surface area contributed by atoms with E-state index in [2.05, 4.69) is 44.3 Å². The topological polar surface area (TPSA) is 83.0 Å². The third kappa shape index (κ3) is 5.94. The van der Waals surface area contributed by atoms with Crippen LogP contribution in [0.25, 0.3) is 11.4 Å². The molecule has 1 amide bonds. The quantitative estimate of drug-likeness (QED) is 0.432. The van der Waals surface area contributed by atoms with Gasteiger partial charge >= 0.3 is 0 Å². The number of amides is 1. The maximum Gasteiger partial charge on any atom is 0.255 e. The van der Waals surface area contributed by atoms with Crippen molar-refractivity contribution >= 4 is 29.0 Å². The zero-order valence-corrected chi connectivity index (χ0v) is 20.8. The highest BCUT2D eigenvalue weighted by Gasteiger charge is 2.22. The van der Waals surface area contributed by atoms with Crippen molar-refractivity contribution < 1.29 is 9.18 Å². The van der Waals surface area contributed by atoms with Crippen LogP contribution in [0, 0.1) is 5.82 Å². The van der Waals surface area contributed by atoms with E-state index in [1.807, 2.05) is 0 Å². The number of aryl methyl sites for hydroxylation is 1. The molecule has 4 rings (SSSR count). The fourth-order valence-electron chi connectivity index (χ4n) is 4.26. The van der Waals surface area contributed by atoms with Crippen LogP contribution < -0.4 is 10.6 Å². The van der Waals surface area contributed by atoms with Crippen molar-refractivity contribution in [2.75, 3.05) is 31.5 Å². The molecule has 0 fully saturated rings. The highest BCUT2D eigenvalue weighted by atomic mass is 35.5. The first kappa shape index (κ1) is 25.0. The number of likely N-dealkylation sites (N-methyl/N-ethyl adjacent to an activating group) is 1. The molecule has 0 unspecified atom stereocenters. The van der Waals surface area contributed by atoms with Crippen LogP contribution in [0.5, 0.6) is 0 Å². The van der Waals surface area contributed by atoms with E-state index in [4.69, 9.17) is 11.6 Å². The molecule has 0 atom stereocenters. The molecule has 2 N–H and O–H groups in total. The van der Waals surface area contributed by atoms with E-state index in [0.717, 1.165) is 56.6 Å². The fourth-order valence-corrected chi connectivity index (χ4v) is 4.43. The zero-order valence-electron chi connectivity index (χ0n) is 20.1. The number of hydrogen-bond donors (Lipinski definition) is 2. The molecule has 7 nitrogen and oxygen atoms in total. The molecule has 0 aliphatic heterocycles. The van der Waals surface area contributed by atoms with E-state index in [0.29, 0.717) is 28.6 Å². The van der Waals surface area contributed by atoms with Crippen molar-refractivity contribution in [3.63, 3.8) is 0 Å². The summed E-state index contributed by atoms with van der Waals surface area (Å²) in [6.07, 6.45) is 6.80. The van der Waals surface area contributed by atoms with E-state index < -0.39 is 5.82 Å². The van der Waals surface area contributed by atoms with E-state index >= 15 is 0 Å². The number of halogens is 2. The summed E-state index contributed by atoms with van der Waals surface area (Å²) in [7, 11) is 0. The van der Waals surface area contributed by atoms with Crippen LogP contribution in [0.2, 0.25) is 5.02 Å². The molecule has 1 aliphatic carbocycles. The van der Waals surface area contributed by atoms with E-state index in [1.165, 1.54) is 18.2 Å². The number of pyridine rings is 1. The molecule has 1 aromatic carbocycles. The maximum atomic E-state index is 14.6. The number of carbonyl (C=O) groups is 1. The summed E-state index contributed by atoms with van der Waals surface area (Å²) in [4.78, 5) is 28.7. The maximum absolute atomic E-state index is 14.6. The summed E-state index contributed by atoms with van der Waals surface area (Å²) < 4.78 is 14.6. The number of rotatable bonds is 9. The zero-order chi connectivity index (χ0) is 24.8. The lowest BCUT2D eigenvalue weighted by atomic mass is 9.96. The fraction of sp³-hybridized carbons (Fsp3) is 0.385. The molecular weight excluding hydrogens is 467 g/mol. The second kappa shape index (κ2) is 11.6. The van der Waals surface area contributed by atoms with Crippen LogP contribution >= 0.6 is 11.6 Å². The number of fused-ring (bicyclic) bond motifs is 1. The van der Waals surface area contributed by atoms with Crippen LogP contribution in [0.1, 0.15) is 48.3 Å². The highest BCUT2D eigenvalue weighted by Crippen LogP contribution is 2.32. The normalized spacial score (nSPS) is 12.9. The summed E-state index contributed by atoms with van der Waals surface area (Å²) >= 11 is 6.12. The molecule has 184 valence electrons. The standard InChI is InChI=1S/C26H30ClFN6O/c1-3-34(4-2)14-13-30-26(35)20-16-29-12-11-23(20)32-24-18-7-5-6-8-22(18)31-25(33-24)19-15-17(27)9-10-21(19)28/h9-12,15-16H,3-8,13-14H2,1-2H3,(H,30,35)(H,29,31,32,33). The number of aromatic nitrogens is 3. The van der Waals surface area contributed by atoms with Gasteiger partial charge in [-0.2, -0.15) is 0 Å². The van der Waals surface area contributed by atoms with E-state index in [-0.39, 0.29) is 17.3 Å². The van der Waals surface area contributed by atoms with Gasteiger partial charge < -0.3 is 15.5 Å². The lowest BCUT2D eigenvalue weighted by molar-refractivity contribution is 0.0949. The summed E-state index contributed by atoms with van der Waals surface area (Å²) in [5.74, 6) is 0.199. The molecule has 1 aliphatic rings. The molecule has 2 aromatic heterocycles. The molecule has 0 bridgehead atoms. The average Bonchev–Trinajstić information content (AvgIpc) is 2.88. The second-order valence-corrected chi connectivity index (χ2v) is 8.92. The summed E-state index contributed by atoms with van der Waals surface area (Å²) in [5, 5.41) is 6.72. The molecule has 0 saturated carbocycles. The predicted octanol–water partition coefficient (Wildman–Crippen LogP) is 5.03. The van der Waals surface area contributed by atoms with Gasteiger partial charge in [-0.1, -0.05) is 25.4 Å². The number of benzene rings is 1. The summed E-state index contributed by atoms with van der Waals surface area (Å²) in [6.45, 7) is 7.37. The molecule has 2 heterocycles. The summed E-state index contributed by atoms with van der Waals surface area (Å²) in [5.41, 5.74) is 3.14. The number of hydrogen-bond acceptors (Lipinski definition) is 6. The minimum Gasteiger partial charge on any atom is -0.351 e. The third-order valence-electron chi connectivity index (χ3n) is 6.28. The molecular formula is C26H30ClFN6O. The molecule has 0 saturated heterocycles. The van der Waals surface area contributed by atoms with Gasteiger partial charge in [0.15, 0.2) is 5.82 Å². The Hall–Kier alpha value is -3.10. The largest absolute Gasteiger partial charge is 0.351 e. The molecule has 0 radical (unpaired) electrons. The van der Waals surface area contributed by atoms with Crippen LogP contribution in [0.15, 0.2) is 36.7 Å². The Kier molecular flexibility index (Phi) is 8.25. The van der Waals surface area contributed by atoms with Crippen LogP contribution in [0.4, 0.5) is 15.9 Å². The average molecular weight is 497 g/mol. The Bertz CT molecular complexity index is 1200. The SMILES string of the molecule is CCN(CC)CCNC(=O)c1cnccc1Nc1nc(-c2cc(Cl)ccc2F)nc2c1CCCC2. The van der Waals surface area contributed by atoms with Crippen molar-refractivity contribution in [1.29, 1.82) is 0 Å². The number of nitrogens with zero attached hydrogens (tertiary/aromatic N) is 4. The molecule has 35 heavy (non-hydrogen) atoms. The Morgan fingerprint density at radius 2 is 1.94 bits per heavy atom. The minimum atomic E-state index is -0.437. The molecule has 0 spiro atoms. The Morgan fingerprint density at radius 3 is 2.74 bits per heavy atom. The first-order chi connectivity index (χ1) is 17.0. The van der Waals surface area contributed by atoms with Gasteiger partial charge in [0.2, 0.25) is 0 Å². The van der Waals surface area contributed by atoms with Crippen LogP contribution in [0.3, 0.4) is 0 Å². The first-order valence-corrected chi connectivity index (χ1v) is 12.4. The van der Waals surface area contributed by atoms with Crippen molar-refractivity contribution in [2.24, 2.45) is 0 Å². The summed E-state index contributed by atoms with van der Waals surface area (Å²) in [6, 6.07) is 6.10.